The maximum absolute atomic E-state index is 11.4. The van der Waals surface area contributed by atoms with E-state index in [-0.39, 0.29) is 16.6 Å². The van der Waals surface area contributed by atoms with Crippen molar-refractivity contribution in [2.24, 2.45) is 4.99 Å². The third-order valence-corrected chi connectivity index (χ3v) is 11.6. The molecule has 0 spiro atoms. The molecule has 0 aliphatic carbocycles. The Bertz CT molecular complexity index is 696. The SMILES string of the molecule is C=CCO[C@@H]1[C@H]2N=C(N(C)C(=O)O)S[C@H]2O[C@H](CO[Si](C)(C)C(C)(C)C)[C@H]1OCC=C. The van der Waals surface area contributed by atoms with Gasteiger partial charge < -0.3 is 23.7 Å². The Balaban J connectivity index is 2.29. The van der Waals surface area contributed by atoms with Crippen LogP contribution in [-0.4, -0.2) is 86.2 Å². The lowest BCUT2D eigenvalue weighted by molar-refractivity contribution is -0.191. The molecule has 0 aromatic rings. The minimum Gasteiger partial charge on any atom is -0.465 e. The maximum atomic E-state index is 11.4. The van der Waals surface area contributed by atoms with E-state index < -0.39 is 32.7 Å². The number of amidine groups is 1. The largest absolute Gasteiger partial charge is 0.465 e. The van der Waals surface area contributed by atoms with Crippen molar-refractivity contribution in [3.8, 4) is 0 Å². The van der Waals surface area contributed by atoms with E-state index in [0.29, 0.717) is 25.0 Å². The Morgan fingerprint density at radius 1 is 1.26 bits per heavy atom. The minimum atomic E-state index is -2.01. The van der Waals surface area contributed by atoms with Crippen molar-refractivity contribution in [1.29, 1.82) is 0 Å². The number of carboxylic acid groups (broad SMARTS) is 1. The van der Waals surface area contributed by atoms with E-state index in [1.807, 2.05) is 0 Å². The fourth-order valence-electron chi connectivity index (χ4n) is 3.03. The molecule has 8 nitrogen and oxygen atoms in total. The monoisotopic (exact) mass is 472 g/mol. The van der Waals surface area contributed by atoms with Gasteiger partial charge in [-0.1, -0.05) is 44.7 Å². The van der Waals surface area contributed by atoms with Gasteiger partial charge in [0.15, 0.2) is 13.5 Å². The Morgan fingerprint density at radius 2 is 1.84 bits per heavy atom. The van der Waals surface area contributed by atoms with Gasteiger partial charge in [-0.2, -0.15) is 0 Å². The number of aliphatic imine (C=N–C) groups is 1. The zero-order valence-corrected chi connectivity index (χ0v) is 21.2. The van der Waals surface area contributed by atoms with Gasteiger partial charge in [0.05, 0.1) is 19.8 Å². The van der Waals surface area contributed by atoms with E-state index in [1.54, 1.807) is 12.2 Å². The predicted octanol–water partition coefficient (Wildman–Crippen LogP) is 3.96. The molecule has 2 heterocycles. The Morgan fingerprint density at radius 3 is 2.35 bits per heavy atom. The quantitative estimate of drug-likeness (QED) is 0.401. The lowest BCUT2D eigenvalue weighted by Gasteiger charge is -2.44. The summed E-state index contributed by atoms with van der Waals surface area (Å²) in [5.41, 5.74) is -0.386. The maximum Gasteiger partial charge on any atom is 0.413 e. The molecule has 176 valence electrons. The van der Waals surface area contributed by atoms with Crippen LogP contribution >= 0.6 is 11.8 Å². The van der Waals surface area contributed by atoms with Crippen LogP contribution in [0.1, 0.15) is 20.8 Å². The molecule has 5 atom stereocenters. The summed E-state index contributed by atoms with van der Waals surface area (Å²) in [6.07, 6.45) is 1.01. The fourth-order valence-corrected chi connectivity index (χ4v) is 5.22. The molecule has 0 bridgehead atoms. The van der Waals surface area contributed by atoms with Crippen LogP contribution in [0.3, 0.4) is 0 Å². The molecule has 1 N–H and O–H groups in total. The third kappa shape index (κ3) is 6.20. The van der Waals surface area contributed by atoms with Gasteiger partial charge in [0.1, 0.15) is 29.8 Å². The number of carbonyl (C=O) groups is 1. The second-order valence-corrected chi connectivity index (χ2v) is 15.0. The van der Waals surface area contributed by atoms with Crippen LogP contribution in [0.2, 0.25) is 18.1 Å². The van der Waals surface area contributed by atoms with Gasteiger partial charge in [-0.3, -0.25) is 9.89 Å². The molecular weight excluding hydrogens is 436 g/mol. The number of nitrogens with zero attached hydrogens (tertiary/aromatic N) is 2. The van der Waals surface area contributed by atoms with Crippen molar-refractivity contribution >= 4 is 31.3 Å². The predicted molar refractivity (Wildman–Crippen MR) is 126 cm³/mol. The van der Waals surface area contributed by atoms with Gasteiger partial charge in [-0.25, -0.2) is 4.79 Å². The first kappa shape index (κ1) is 26.1. The molecule has 0 unspecified atom stereocenters. The van der Waals surface area contributed by atoms with Crippen molar-refractivity contribution in [2.75, 3.05) is 26.9 Å². The number of amides is 1. The van der Waals surface area contributed by atoms with Gasteiger partial charge in [-0.15, -0.1) is 13.2 Å². The van der Waals surface area contributed by atoms with Gasteiger partial charge in [-0.05, 0) is 18.1 Å². The number of ether oxygens (including phenoxy) is 3. The van der Waals surface area contributed by atoms with Crippen LogP contribution in [0.25, 0.3) is 0 Å². The molecular formula is C21H36N2O6SSi. The van der Waals surface area contributed by atoms with Crippen molar-refractivity contribution in [3.63, 3.8) is 0 Å². The summed E-state index contributed by atoms with van der Waals surface area (Å²) < 4.78 is 25.0. The van der Waals surface area contributed by atoms with Crippen LogP contribution in [-0.2, 0) is 18.6 Å². The molecule has 1 amide bonds. The molecule has 0 saturated carbocycles. The smallest absolute Gasteiger partial charge is 0.413 e. The number of thioether (sulfide) groups is 1. The highest BCUT2D eigenvalue weighted by Crippen LogP contribution is 2.41. The second-order valence-electron chi connectivity index (χ2n) is 9.15. The van der Waals surface area contributed by atoms with Crippen LogP contribution < -0.4 is 0 Å². The average molecular weight is 473 g/mol. The summed E-state index contributed by atoms with van der Waals surface area (Å²) in [6.45, 7) is 19.4. The number of rotatable bonds is 9. The number of hydrogen-bond donors (Lipinski definition) is 1. The Kier molecular flexibility index (Phi) is 8.94. The topological polar surface area (TPSA) is 89.8 Å². The van der Waals surface area contributed by atoms with E-state index in [9.17, 15) is 9.90 Å². The summed E-state index contributed by atoms with van der Waals surface area (Å²) in [5, 5.41) is 9.79. The highest BCUT2D eigenvalue weighted by atomic mass is 32.2. The summed E-state index contributed by atoms with van der Waals surface area (Å²) in [5.74, 6) is 0. The van der Waals surface area contributed by atoms with E-state index in [4.69, 9.17) is 18.6 Å². The second kappa shape index (κ2) is 10.6. The molecule has 2 aliphatic rings. The molecule has 0 aromatic carbocycles. The van der Waals surface area contributed by atoms with Crippen LogP contribution in [0, 0.1) is 0 Å². The molecule has 10 heteroatoms. The summed E-state index contributed by atoms with van der Waals surface area (Å²) in [7, 11) is -0.544. The molecule has 2 rings (SSSR count). The third-order valence-electron chi connectivity index (χ3n) is 5.90. The zero-order valence-electron chi connectivity index (χ0n) is 19.4. The van der Waals surface area contributed by atoms with Gasteiger partial charge in [0.2, 0.25) is 0 Å². The molecule has 31 heavy (non-hydrogen) atoms. The number of hydrogen-bond acceptors (Lipinski definition) is 7. The number of fused-ring (bicyclic) bond motifs is 1. The first-order valence-corrected chi connectivity index (χ1v) is 14.2. The summed E-state index contributed by atoms with van der Waals surface area (Å²) in [6, 6.07) is -0.402. The Hall–Kier alpha value is -1.17. The molecule has 1 saturated heterocycles. The van der Waals surface area contributed by atoms with E-state index >= 15 is 0 Å². The lowest BCUT2D eigenvalue weighted by atomic mass is 9.98. The first-order chi connectivity index (χ1) is 14.4. The fraction of sp³-hybridized carbons (Fsp3) is 0.714. The van der Waals surface area contributed by atoms with Crippen molar-refractivity contribution < 1.29 is 28.5 Å². The highest BCUT2D eigenvalue weighted by molar-refractivity contribution is 8.14. The van der Waals surface area contributed by atoms with Crippen molar-refractivity contribution in [2.45, 2.75) is 68.7 Å². The normalized spacial score (nSPS) is 28.6. The summed E-state index contributed by atoms with van der Waals surface area (Å²) >= 11 is 1.28. The Labute approximate surface area is 190 Å². The van der Waals surface area contributed by atoms with Crippen LogP contribution in [0.4, 0.5) is 4.79 Å². The average Bonchev–Trinajstić information content (AvgIpc) is 3.11. The molecule has 1 fully saturated rings. The van der Waals surface area contributed by atoms with Crippen LogP contribution in [0.15, 0.2) is 30.3 Å². The highest BCUT2D eigenvalue weighted by Gasteiger charge is 2.52. The zero-order chi connectivity index (χ0) is 23.4. The minimum absolute atomic E-state index is 0.0585. The standard InChI is InChI=1S/C21H36N2O6SSi/c1-9-11-26-16-14(13-28-31(7,8)21(3,4)5)29-18-15(17(16)27-12-10-2)22-19(30-18)23(6)20(24)25/h9-10,14-18H,1-2,11-13H2,3-8H3,(H,24,25)/t14-,15-,16-,17-,18-/m1/s1. The molecule has 0 aromatic heterocycles. The van der Waals surface area contributed by atoms with E-state index in [2.05, 4.69) is 52.0 Å². The lowest BCUT2D eigenvalue weighted by Crippen LogP contribution is -2.59. The van der Waals surface area contributed by atoms with Crippen molar-refractivity contribution in [1.82, 2.24) is 4.90 Å². The van der Waals surface area contributed by atoms with Gasteiger partial charge in [0.25, 0.3) is 0 Å². The first-order valence-electron chi connectivity index (χ1n) is 10.4. The van der Waals surface area contributed by atoms with E-state index in [0.717, 1.165) is 4.90 Å². The van der Waals surface area contributed by atoms with Crippen LogP contribution in [0.5, 0.6) is 0 Å². The molecule has 0 radical (unpaired) electrons. The van der Waals surface area contributed by atoms with Crippen molar-refractivity contribution in [3.05, 3.63) is 25.3 Å². The van der Waals surface area contributed by atoms with Gasteiger partial charge >= 0.3 is 6.09 Å². The van der Waals surface area contributed by atoms with Gasteiger partial charge in [0, 0.05) is 7.05 Å². The van der Waals surface area contributed by atoms with E-state index in [1.165, 1.54) is 18.8 Å². The molecule has 2 aliphatic heterocycles. The summed E-state index contributed by atoms with van der Waals surface area (Å²) in [4.78, 5) is 17.1.